The minimum absolute atomic E-state index is 0.0106. The molecule has 3 nitrogen and oxygen atoms in total. The Morgan fingerprint density at radius 1 is 1.62 bits per heavy atom. The molecule has 0 amide bonds. The minimum atomic E-state index is 0.0106. The van der Waals surface area contributed by atoms with Crippen molar-refractivity contribution in [1.29, 1.82) is 0 Å². The topological polar surface area (TPSA) is 34.0 Å². The first kappa shape index (κ1) is 9.58. The molecule has 0 radical (unpaired) electrons. The van der Waals surface area contributed by atoms with Crippen LogP contribution in [-0.2, 0) is 6.54 Å². The fourth-order valence-corrected chi connectivity index (χ4v) is 1.35. The predicted molar refractivity (Wildman–Crippen MR) is 56.0 cm³/mol. The summed E-state index contributed by atoms with van der Waals surface area (Å²) < 4.78 is 1.68. The molecular formula is C10H14N2O. The molecule has 1 aromatic heterocycles. The second kappa shape index (κ2) is 3.94. The first-order valence-electron chi connectivity index (χ1n) is 4.28. The summed E-state index contributed by atoms with van der Waals surface area (Å²) in [5.74, 6) is 0. The molecule has 1 rings (SSSR count). The summed E-state index contributed by atoms with van der Waals surface area (Å²) >= 11 is 0. The molecular weight excluding hydrogens is 164 g/mol. The second-order valence-electron chi connectivity index (χ2n) is 2.67. The van der Waals surface area contributed by atoms with E-state index in [0.29, 0.717) is 6.54 Å². The minimum Gasteiger partial charge on any atom is -0.386 e. The van der Waals surface area contributed by atoms with Crippen LogP contribution in [0.3, 0.4) is 0 Å². The maximum absolute atomic E-state index is 11.4. The molecule has 0 aliphatic rings. The number of hydrogen-bond donors (Lipinski definition) is 1. The molecule has 1 heterocycles. The molecule has 0 aromatic carbocycles. The Hall–Kier alpha value is -1.51. The summed E-state index contributed by atoms with van der Waals surface area (Å²) in [5.41, 5.74) is 1.78. The zero-order valence-electron chi connectivity index (χ0n) is 8.00. The van der Waals surface area contributed by atoms with Crippen LogP contribution in [0.4, 0.5) is 5.69 Å². The van der Waals surface area contributed by atoms with Gasteiger partial charge in [0.1, 0.15) is 0 Å². The molecule has 70 valence electrons. The fraction of sp³-hybridized carbons (Fsp3) is 0.300. The largest absolute Gasteiger partial charge is 0.386 e. The average molecular weight is 178 g/mol. The van der Waals surface area contributed by atoms with E-state index in [-0.39, 0.29) is 5.56 Å². The van der Waals surface area contributed by atoms with Crippen LogP contribution in [0.25, 0.3) is 6.08 Å². The van der Waals surface area contributed by atoms with Gasteiger partial charge in [-0.25, -0.2) is 0 Å². The molecule has 3 heteroatoms. The van der Waals surface area contributed by atoms with Gasteiger partial charge in [0.15, 0.2) is 0 Å². The van der Waals surface area contributed by atoms with E-state index in [4.69, 9.17) is 0 Å². The summed E-state index contributed by atoms with van der Waals surface area (Å²) in [6.45, 7) is 6.29. The number of anilines is 1. The SMILES string of the molecule is C=Cc1c(NC)ccc(=O)n1CC. The summed E-state index contributed by atoms with van der Waals surface area (Å²) in [6.07, 6.45) is 1.69. The van der Waals surface area contributed by atoms with Crippen molar-refractivity contribution in [1.82, 2.24) is 4.57 Å². The highest BCUT2D eigenvalue weighted by molar-refractivity contribution is 5.62. The van der Waals surface area contributed by atoms with Gasteiger partial charge in [0, 0.05) is 19.7 Å². The Morgan fingerprint density at radius 2 is 2.31 bits per heavy atom. The summed E-state index contributed by atoms with van der Waals surface area (Å²) in [4.78, 5) is 11.4. The lowest BCUT2D eigenvalue weighted by molar-refractivity contribution is 0.721. The third-order valence-corrected chi connectivity index (χ3v) is 2.00. The van der Waals surface area contributed by atoms with Gasteiger partial charge in [0.2, 0.25) is 0 Å². The second-order valence-corrected chi connectivity index (χ2v) is 2.67. The molecule has 0 saturated carbocycles. The smallest absolute Gasteiger partial charge is 0.251 e. The van der Waals surface area contributed by atoms with Gasteiger partial charge in [-0.15, -0.1) is 0 Å². The Balaban J connectivity index is 3.45. The van der Waals surface area contributed by atoms with Crippen molar-refractivity contribution in [2.75, 3.05) is 12.4 Å². The van der Waals surface area contributed by atoms with Crippen LogP contribution in [-0.4, -0.2) is 11.6 Å². The van der Waals surface area contributed by atoms with Crippen LogP contribution in [0.5, 0.6) is 0 Å². The van der Waals surface area contributed by atoms with E-state index in [0.717, 1.165) is 11.4 Å². The fourth-order valence-electron chi connectivity index (χ4n) is 1.35. The van der Waals surface area contributed by atoms with Crippen molar-refractivity contribution in [3.63, 3.8) is 0 Å². The summed E-state index contributed by atoms with van der Waals surface area (Å²) in [6, 6.07) is 3.33. The molecule has 1 N–H and O–H groups in total. The number of aromatic nitrogens is 1. The molecule has 0 aliphatic heterocycles. The Morgan fingerprint density at radius 3 is 2.77 bits per heavy atom. The van der Waals surface area contributed by atoms with E-state index in [2.05, 4.69) is 11.9 Å². The summed E-state index contributed by atoms with van der Waals surface area (Å²) in [5, 5.41) is 3.02. The van der Waals surface area contributed by atoms with Gasteiger partial charge in [-0.1, -0.05) is 6.58 Å². The first-order valence-corrected chi connectivity index (χ1v) is 4.28. The maximum atomic E-state index is 11.4. The molecule has 1 aromatic rings. The van der Waals surface area contributed by atoms with Crippen molar-refractivity contribution in [2.24, 2.45) is 0 Å². The van der Waals surface area contributed by atoms with E-state index in [1.807, 2.05) is 14.0 Å². The van der Waals surface area contributed by atoms with Gasteiger partial charge in [-0.2, -0.15) is 0 Å². The number of nitrogens with one attached hydrogen (secondary N) is 1. The van der Waals surface area contributed by atoms with Crippen LogP contribution in [0, 0.1) is 0 Å². The lowest BCUT2D eigenvalue weighted by atomic mass is 10.2. The van der Waals surface area contributed by atoms with Crippen molar-refractivity contribution in [3.05, 3.63) is 34.8 Å². The van der Waals surface area contributed by atoms with Crippen molar-refractivity contribution >= 4 is 11.8 Å². The number of hydrogen-bond acceptors (Lipinski definition) is 2. The highest BCUT2D eigenvalue weighted by Crippen LogP contribution is 2.13. The average Bonchev–Trinajstić information content (AvgIpc) is 2.17. The lowest BCUT2D eigenvalue weighted by Crippen LogP contribution is -2.21. The van der Waals surface area contributed by atoms with Gasteiger partial charge < -0.3 is 9.88 Å². The number of rotatable bonds is 3. The van der Waals surface area contributed by atoms with E-state index >= 15 is 0 Å². The van der Waals surface area contributed by atoms with Crippen LogP contribution in [0.2, 0.25) is 0 Å². The molecule has 0 atom stereocenters. The molecule has 0 aliphatic carbocycles. The van der Waals surface area contributed by atoms with Crippen molar-refractivity contribution < 1.29 is 0 Å². The maximum Gasteiger partial charge on any atom is 0.251 e. The van der Waals surface area contributed by atoms with Crippen LogP contribution in [0.15, 0.2) is 23.5 Å². The van der Waals surface area contributed by atoms with E-state index in [9.17, 15) is 4.79 Å². The number of nitrogens with zero attached hydrogens (tertiary/aromatic N) is 1. The van der Waals surface area contributed by atoms with Gasteiger partial charge in [-0.3, -0.25) is 4.79 Å². The number of pyridine rings is 1. The van der Waals surface area contributed by atoms with Crippen molar-refractivity contribution in [2.45, 2.75) is 13.5 Å². The van der Waals surface area contributed by atoms with Crippen molar-refractivity contribution in [3.8, 4) is 0 Å². The lowest BCUT2D eigenvalue weighted by Gasteiger charge is -2.11. The molecule has 0 spiro atoms. The van der Waals surface area contributed by atoms with Gasteiger partial charge in [0.25, 0.3) is 5.56 Å². The highest BCUT2D eigenvalue weighted by Gasteiger charge is 2.03. The zero-order chi connectivity index (χ0) is 9.84. The van der Waals surface area contributed by atoms with E-state index in [1.165, 1.54) is 0 Å². The van der Waals surface area contributed by atoms with Gasteiger partial charge >= 0.3 is 0 Å². The quantitative estimate of drug-likeness (QED) is 0.762. The zero-order valence-corrected chi connectivity index (χ0v) is 8.00. The van der Waals surface area contributed by atoms with Gasteiger partial charge in [-0.05, 0) is 19.1 Å². The molecule has 0 fully saturated rings. The van der Waals surface area contributed by atoms with Crippen LogP contribution in [0.1, 0.15) is 12.6 Å². The van der Waals surface area contributed by atoms with Crippen LogP contribution >= 0.6 is 0 Å². The summed E-state index contributed by atoms with van der Waals surface area (Å²) in [7, 11) is 1.83. The van der Waals surface area contributed by atoms with E-state index < -0.39 is 0 Å². The monoisotopic (exact) mass is 178 g/mol. The van der Waals surface area contributed by atoms with E-state index in [1.54, 1.807) is 22.8 Å². The Kier molecular flexibility index (Phi) is 2.90. The third-order valence-electron chi connectivity index (χ3n) is 2.00. The molecule has 0 bridgehead atoms. The Labute approximate surface area is 77.7 Å². The highest BCUT2D eigenvalue weighted by atomic mass is 16.1. The molecule has 0 unspecified atom stereocenters. The standard InChI is InChI=1S/C10H14N2O/c1-4-9-8(11-3)6-7-10(13)12(9)5-2/h4,6-7,11H,1,5H2,2-3H3. The Bertz CT molecular complexity index is 366. The first-order chi connectivity index (χ1) is 6.24. The normalized spacial score (nSPS) is 9.69. The molecule has 13 heavy (non-hydrogen) atoms. The molecule has 0 saturated heterocycles. The predicted octanol–water partition coefficient (Wildman–Crippen LogP) is 1.55. The van der Waals surface area contributed by atoms with Gasteiger partial charge in [0.05, 0.1) is 11.4 Å². The van der Waals surface area contributed by atoms with Crippen LogP contribution < -0.4 is 10.9 Å². The third kappa shape index (κ3) is 1.64.